The summed E-state index contributed by atoms with van der Waals surface area (Å²) in [5.74, 6) is 0.789. The van der Waals surface area contributed by atoms with Crippen LogP contribution in [0.25, 0.3) is 0 Å². The summed E-state index contributed by atoms with van der Waals surface area (Å²) in [6.07, 6.45) is 0. The first-order valence-electron chi connectivity index (χ1n) is 9.32. The van der Waals surface area contributed by atoms with Gasteiger partial charge >= 0.3 is 0 Å². The highest BCUT2D eigenvalue weighted by Gasteiger charge is 2.12. The van der Waals surface area contributed by atoms with Crippen LogP contribution in [0.1, 0.15) is 30.5 Å². The zero-order valence-corrected chi connectivity index (χ0v) is 20.6. The fraction of sp³-hybridized carbons (Fsp3) is 0.381. The molecule has 0 aliphatic heterocycles. The highest BCUT2D eigenvalue weighted by atomic mass is 127. The number of benzene rings is 2. The minimum absolute atomic E-state index is 0. The van der Waals surface area contributed by atoms with E-state index in [-0.39, 0.29) is 35.8 Å². The molecule has 2 aromatic carbocycles. The molecule has 29 heavy (non-hydrogen) atoms. The van der Waals surface area contributed by atoms with Gasteiger partial charge < -0.3 is 10.2 Å². The second kappa shape index (κ2) is 12.1. The Balaban J connectivity index is 0.00000420. The van der Waals surface area contributed by atoms with E-state index in [1.165, 1.54) is 0 Å². The summed E-state index contributed by atoms with van der Waals surface area (Å²) in [7, 11) is 0.593. The monoisotopic (exact) mass is 530 g/mol. The lowest BCUT2D eigenvalue weighted by molar-refractivity contribution is 0.569. The van der Waals surface area contributed by atoms with Crippen molar-refractivity contribution in [2.45, 2.75) is 38.7 Å². The number of guanidine groups is 1. The van der Waals surface area contributed by atoms with Gasteiger partial charge in [0.2, 0.25) is 10.0 Å². The Labute approximate surface area is 191 Å². The smallest absolute Gasteiger partial charge is 0.216 e. The fourth-order valence-electron chi connectivity index (χ4n) is 2.66. The van der Waals surface area contributed by atoms with Gasteiger partial charge in [0.25, 0.3) is 0 Å². The average molecular weight is 530 g/mol. The van der Waals surface area contributed by atoms with E-state index < -0.39 is 10.0 Å². The van der Waals surface area contributed by atoms with Crippen LogP contribution >= 0.6 is 24.0 Å². The van der Waals surface area contributed by atoms with Crippen LogP contribution in [-0.4, -0.2) is 39.4 Å². The lowest BCUT2D eigenvalue weighted by Gasteiger charge is -2.18. The van der Waals surface area contributed by atoms with E-state index in [4.69, 9.17) is 0 Å². The fourth-order valence-corrected chi connectivity index (χ4v) is 4.09. The van der Waals surface area contributed by atoms with Gasteiger partial charge in [-0.1, -0.05) is 54.6 Å². The average Bonchev–Trinajstić information content (AvgIpc) is 2.62. The van der Waals surface area contributed by atoms with Crippen molar-refractivity contribution < 1.29 is 8.42 Å². The molecule has 0 radical (unpaired) electrons. The van der Waals surface area contributed by atoms with Gasteiger partial charge in [-0.3, -0.25) is 0 Å². The molecule has 0 aromatic heterocycles. The molecule has 0 saturated carbocycles. The van der Waals surface area contributed by atoms with Gasteiger partial charge in [0.05, 0.1) is 12.3 Å². The van der Waals surface area contributed by atoms with Crippen LogP contribution in [0, 0.1) is 0 Å². The van der Waals surface area contributed by atoms with E-state index in [0.717, 1.165) is 22.6 Å². The number of aliphatic imine (C=N–C) groups is 1. The van der Waals surface area contributed by atoms with Crippen LogP contribution in [-0.2, 0) is 28.9 Å². The molecule has 0 saturated heterocycles. The molecule has 0 heterocycles. The molecule has 0 amide bonds. The summed E-state index contributed by atoms with van der Waals surface area (Å²) >= 11 is 0. The second-order valence-electron chi connectivity index (χ2n) is 7.22. The molecule has 0 spiro atoms. The maximum Gasteiger partial charge on any atom is 0.216 e. The number of nitrogens with one attached hydrogen (secondary N) is 2. The van der Waals surface area contributed by atoms with E-state index in [1.54, 1.807) is 0 Å². The summed E-state index contributed by atoms with van der Waals surface area (Å²) in [6.45, 7) is 4.85. The highest BCUT2D eigenvalue weighted by molar-refractivity contribution is 14.0. The van der Waals surface area contributed by atoms with Crippen molar-refractivity contribution in [3.63, 3.8) is 0 Å². The first-order chi connectivity index (χ1) is 13.2. The van der Waals surface area contributed by atoms with Crippen LogP contribution in [0.15, 0.2) is 59.6 Å². The summed E-state index contributed by atoms with van der Waals surface area (Å²) in [5, 5.41) is 3.34. The standard InChI is InChI=1S/C21H30N4O2S.HI/c1-17(2)24-28(26,27)16-20-12-10-19(11-13-20)15-23-21(25(3)4)22-14-18-8-6-5-7-9-18;/h5-13,17,24H,14-16H2,1-4H3,(H,22,23);1H. The van der Waals surface area contributed by atoms with Crippen molar-refractivity contribution in [3.8, 4) is 0 Å². The SMILES string of the molecule is CC(C)NS(=O)(=O)Cc1ccc(CNC(=NCc2ccccc2)N(C)C)cc1.I. The quantitative estimate of drug-likeness (QED) is 0.312. The third-order valence-electron chi connectivity index (χ3n) is 3.92. The minimum atomic E-state index is -3.31. The van der Waals surface area contributed by atoms with Gasteiger partial charge in [0, 0.05) is 26.7 Å². The Morgan fingerprint density at radius 1 is 0.966 bits per heavy atom. The zero-order valence-electron chi connectivity index (χ0n) is 17.4. The summed E-state index contributed by atoms with van der Waals surface area (Å²) < 4.78 is 26.7. The molecule has 0 fully saturated rings. The van der Waals surface area contributed by atoms with Crippen LogP contribution in [0.4, 0.5) is 0 Å². The molecule has 2 rings (SSSR count). The van der Waals surface area contributed by atoms with Crippen LogP contribution < -0.4 is 10.0 Å². The first-order valence-corrected chi connectivity index (χ1v) is 11.0. The normalized spacial score (nSPS) is 11.8. The molecule has 2 aromatic rings. The number of sulfonamides is 1. The number of rotatable bonds is 8. The Bertz CT molecular complexity index is 867. The predicted molar refractivity (Wildman–Crippen MR) is 131 cm³/mol. The van der Waals surface area contributed by atoms with E-state index in [9.17, 15) is 8.42 Å². The van der Waals surface area contributed by atoms with E-state index >= 15 is 0 Å². The van der Waals surface area contributed by atoms with Crippen molar-refractivity contribution in [3.05, 3.63) is 71.3 Å². The predicted octanol–water partition coefficient (Wildman–Crippen LogP) is 3.34. The van der Waals surface area contributed by atoms with E-state index in [2.05, 4.69) is 27.2 Å². The topological polar surface area (TPSA) is 73.8 Å². The number of halogens is 1. The zero-order chi connectivity index (χ0) is 20.6. The van der Waals surface area contributed by atoms with Crippen LogP contribution in [0.2, 0.25) is 0 Å². The van der Waals surface area contributed by atoms with Crippen molar-refractivity contribution in [1.82, 2.24) is 14.9 Å². The maximum absolute atomic E-state index is 12.0. The molecule has 0 atom stereocenters. The molecular weight excluding hydrogens is 499 g/mol. The summed E-state index contributed by atoms with van der Waals surface area (Å²) in [6, 6.07) is 17.6. The van der Waals surface area contributed by atoms with Crippen LogP contribution in [0.3, 0.4) is 0 Å². The molecule has 0 bridgehead atoms. The lowest BCUT2D eigenvalue weighted by Crippen LogP contribution is -2.36. The number of hydrogen-bond donors (Lipinski definition) is 2. The third kappa shape index (κ3) is 9.60. The van der Waals surface area contributed by atoms with Gasteiger partial charge in [-0.15, -0.1) is 24.0 Å². The van der Waals surface area contributed by atoms with Gasteiger partial charge in [0.1, 0.15) is 0 Å². The van der Waals surface area contributed by atoms with Gasteiger partial charge in [-0.05, 0) is 30.5 Å². The summed E-state index contributed by atoms with van der Waals surface area (Å²) in [5.41, 5.74) is 2.99. The number of nitrogens with zero attached hydrogens (tertiary/aromatic N) is 2. The third-order valence-corrected chi connectivity index (χ3v) is 5.47. The molecule has 8 heteroatoms. The second-order valence-corrected chi connectivity index (χ2v) is 8.98. The Morgan fingerprint density at radius 2 is 1.55 bits per heavy atom. The van der Waals surface area contributed by atoms with E-state index in [0.29, 0.717) is 13.1 Å². The van der Waals surface area contributed by atoms with Crippen molar-refractivity contribution in [2.24, 2.45) is 4.99 Å². The Hall–Kier alpha value is -1.65. The van der Waals surface area contributed by atoms with Crippen molar-refractivity contribution >= 4 is 40.0 Å². The molecule has 160 valence electrons. The molecule has 0 aliphatic carbocycles. The maximum atomic E-state index is 12.0. The van der Waals surface area contributed by atoms with E-state index in [1.807, 2.05) is 75.3 Å². The van der Waals surface area contributed by atoms with Gasteiger partial charge in [0.15, 0.2) is 5.96 Å². The molecular formula is C21H31IN4O2S. The van der Waals surface area contributed by atoms with Crippen molar-refractivity contribution in [1.29, 1.82) is 0 Å². The first kappa shape index (κ1) is 25.4. The van der Waals surface area contributed by atoms with Gasteiger partial charge in [-0.2, -0.15) is 0 Å². The lowest BCUT2D eigenvalue weighted by atomic mass is 10.1. The summed E-state index contributed by atoms with van der Waals surface area (Å²) in [4.78, 5) is 6.59. The van der Waals surface area contributed by atoms with Crippen molar-refractivity contribution in [2.75, 3.05) is 14.1 Å². The molecule has 0 aliphatic rings. The minimum Gasteiger partial charge on any atom is -0.352 e. The van der Waals surface area contributed by atoms with Crippen LogP contribution in [0.5, 0.6) is 0 Å². The molecule has 2 N–H and O–H groups in total. The highest BCUT2D eigenvalue weighted by Crippen LogP contribution is 2.09. The molecule has 0 unspecified atom stereocenters. The van der Waals surface area contributed by atoms with Gasteiger partial charge in [-0.25, -0.2) is 18.1 Å². The number of hydrogen-bond acceptors (Lipinski definition) is 3. The Morgan fingerprint density at radius 3 is 2.10 bits per heavy atom. The molecule has 6 nitrogen and oxygen atoms in total. The Kier molecular flexibility index (Phi) is 10.6. The largest absolute Gasteiger partial charge is 0.352 e.